The van der Waals surface area contributed by atoms with Gasteiger partial charge in [-0.2, -0.15) is 0 Å². The average molecular weight is 261 g/mol. The fourth-order valence-electron chi connectivity index (χ4n) is 0.902. The van der Waals surface area contributed by atoms with E-state index in [1.54, 1.807) is 19.1 Å². The molecule has 0 spiro atoms. The van der Waals surface area contributed by atoms with Crippen LogP contribution in [-0.2, 0) is 0 Å². The van der Waals surface area contributed by atoms with E-state index in [9.17, 15) is 0 Å². The van der Waals surface area contributed by atoms with Crippen molar-refractivity contribution in [3.8, 4) is 5.75 Å². The number of ether oxygens (including phenoxy) is 1. The lowest BCUT2D eigenvalue weighted by Gasteiger charge is -2.26. The van der Waals surface area contributed by atoms with Gasteiger partial charge in [0.1, 0.15) is 5.75 Å². The lowest BCUT2D eigenvalue weighted by Crippen LogP contribution is -2.40. The predicted molar refractivity (Wildman–Crippen MR) is 57.3 cm³/mol. The van der Waals surface area contributed by atoms with Crippen molar-refractivity contribution in [3.05, 3.63) is 28.7 Å². The largest absolute Gasteiger partial charge is 0.483 e. The van der Waals surface area contributed by atoms with Crippen molar-refractivity contribution in [1.29, 1.82) is 0 Å². The zero-order valence-corrected chi connectivity index (χ0v) is 9.49. The van der Waals surface area contributed by atoms with E-state index in [1.807, 2.05) is 12.1 Å². The van der Waals surface area contributed by atoms with Crippen molar-refractivity contribution < 1.29 is 14.9 Å². The fourth-order valence-corrected chi connectivity index (χ4v) is 1.17. The monoisotopic (exact) mass is 260 g/mol. The van der Waals surface area contributed by atoms with Crippen molar-refractivity contribution in [2.75, 3.05) is 13.2 Å². The summed E-state index contributed by atoms with van der Waals surface area (Å²) in [4.78, 5) is 0. The van der Waals surface area contributed by atoms with Gasteiger partial charge in [-0.1, -0.05) is 15.9 Å². The molecule has 0 amide bonds. The fraction of sp³-hybridized carbons (Fsp3) is 0.400. The summed E-state index contributed by atoms with van der Waals surface area (Å²) in [5.41, 5.74) is -0.923. The molecule has 0 heterocycles. The van der Waals surface area contributed by atoms with E-state index in [2.05, 4.69) is 15.9 Å². The molecule has 14 heavy (non-hydrogen) atoms. The molecule has 0 saturated heterocycles. The Morgan fingerprint density at radius 3 is 2.14 bits per heavy atom. The number of halogens is 1. The highest BCUT2D eigenvalue weighted by molar-refractivity contribution is 9.10. The summed E-state index contributed by atoms with van der Waals surface area (Å²) in [5, 5.41) is 18.0. The summed E-state index contributed by atoms with van der Waals surface area (Å²) in [7, 11) is 0. The Morgan fingerprint density at radius 1 is 1.21 bits per heavy atom. The zero-order valence-electron chi connectivity index (χ0n) is 7.90. The minimum atomic E-state index is -0.923. The van der Waals surface area contributed by atoms with Gasteiger partial charge in [-0.25, -0.2) is 0 Å². The minimum Gasteiger partial charge on any atom is -0.483 e. The zero-order chi connectivity index (χ0) is 10.6. The average Bonchev–Trinajstić information content (AvgIpc) is 2.21. The van der Waals surface area contributed by atoms with Crippen molar-refractivity contribution in [2.45, 2.75) is 12.5 Å². The van der Waals surface area contributed by atoms with Crippen molar-refractivity contribution in [3.63, 3.8) is 0 Å². The third-order valence-electron chi connectivity index (χ3n) is 1.85. The van der Waals surface area contributed by atoms with Gasteiger partial charge in [-0.05, 0) is 31.2 Å². The number of aliphatic hydroxyl groups is 2. The molecule has 0 saturated carbocycles. The van der Waals surface area contributed by atoms with Crippen LogP contribution in [0.5, 0.6) is 5.75 Å². The quantitative estimate of drug-likeness (QED) is 0.865. The van der Waals surface area contributed by atoms with Gasteiger partial charge in [-0.3, -0.25) is 0 Å². The van der Waals surface area contributed by atoms with Crippen LogP contribution in [-0.4, -0.2) is 29.0 Å². The Balaban J connectivity index is 2.72. The molecule has 0 aliphatic carbocycles. The molecule has 0 aliphatic rings. The number of aliphatic hydroxyl groups excluding tert-OH is 2. The van der Waals surface area contributed by atoms with Gasteiger partial charge in [-0.15, -0.1) is 0 Å². The summed E-state index contributed by atoms with van der Waals surface area (Å²) in [6.07, 6.45) is 0. The lowest BCUT2D eigenvalue weighted by molar-refractivity contribution is -0.0194. The normalized spacial score (nSPS) is 11.4. The maximum absolute atomic E-state index is 9.01. The first-order valence-corrected chi connectivity index (χ1v) is 5.05. The maximum atomic E-state index is 9.01. The molecule has 0 unspecified atom stereocenters. The van der Waals surface area contributed by atoms with Crippen LogP contribution in [0.25, 0.3) is 0 Å². The summed E-state index contributed by atoms with van der Waals surface area (Å²) < 4.78 is 6.39. The van der Waals surface area contributed by atoms with Gasteiger partial charge in [0.15, 0.2) is 5.60 Å². The van der Waals surface area contributed by atoms with Crippen LogP contribution >= 0.6 is 15.9 Å². The predicted octanol–water partition coefficient (Wildman–Crippen LogP) is 1.57. The summed E-state index contributed by atoms with van der Waals surface area (Å²) in [5.74, 6) is 0.624. The molecule has 78 valence electrons. The second-order valence-corrected chi connectivity index (χ2v) is 4.24. The highest BCUT2D eigenvalue weighted by Crippen LogP contribution is 2.20. The Morgan fingerprint density at radius 2 is 1.71 bits per heavy atom. The molecule has 0 atom stereocenters. The molecule has 1 rings (SSSR count). The van der Waals surface area contributed by atoms with Crippen LogP contribution in [0.2, 0.25) is 0 Å². The summed E-state index contributed by atoms with van der Waals surface area (Å²) >= 11 is 3.30. The number of benzene rings is 1. The van der Waals surface area contributed by atoms with E-state index >= 15 is 0 Å². The van der Waals surface area contributed by atoms with E-state index in [-0.39, 0.29) is 13.2 Å². The Hall–Kier alpha value is -0.580. The Kier molecular flexibility index (Phi) is 3.92. The van der Waals surface area contributed by atoms with Gasteiger partial charge in [0.25, 0.3) is 0 Å². The van der Waals surface area contributed by atoms with Crippen LogP contribution in [0.15, 0.2) is 28.7 Å². The van der Waals surface area contributed by atoms with E-state index in [0.29, 0.717) is 5.75 Å². The van der Waals surface area contributed by atoms with Gasteiger partial charge < -0.3 is 14.9 Å². The Labute approximate surface area is 91.5 Å². The molecule has 0 aromatic heterocycles. The van der Waals surface area contributed by atoms with Crippen molar-refractivity contribution >= 4 is 15.9 Å². The first-order chi connectivity index (χ1) is 6.59. The molecule has 0 bridgehead atoms. The maximum Gasteiger partial charge on any atom is 0.152 e. The van der Waals surface area contributed by atoms with Gasteiger partial charge in [0, 0.05) is 4.47 Å². The van der Waals surface area contributed by atoms with Crippen LogP contribution in [0.4, 0.5) is 0 Å². The van der Waals surface area contributed by atoms with Crippen LogP contribution in [0.1, 0.15) is 6.92 Å². The first-order valence-electron chi connectivity index (χ1n) is 4.26. The van der Waals surface area contributed by atoms with Crippen LogP contribution in [0, 0.1) is 0 Å². The van der Waals surface area contributed by atoms with Crippen molar-refractivity contribution in [2.24, 2.45) is 0 Å². The standard InChI is InChI=1S/C10H13BrO3/c1-10(6-12,7-13)14-9-4-2-8(11)3-5-9/h2-5,12-13H,6-7H2,1H3. The SMILES string of the molecule is CC(CO)(CO)Oc1ccc(Br)cc1. The number of hydrogen-bond donors (Lipinski definition) is 2. The van der Waals surface area contributed by atoms with Gasteiger partial charge >= 0.3 is 0 Å². The molecular weight excluding hydrogens is 248 g/mol. The third-order valence-corrected chi connectivity index (χ3v) is 2.38. The molecule has 2 N–H and O–H groups in total. The highest BCUT2D eigenvalue weighted by atomic mass is 79.9. The van der Waals surface area contributed by atoms with E-state index < -0.39 is 5.60 Å². The number of rotatable bonds is 4. The van der Waals surface area contributed by atoms with Crippen LogP contribution < -0.4 is 4.74 Å². The smallest absolute Gasteiger partial charge is 0.152 e. The molecule has 1 aromatic rings. The molecular formula is C10H13BrO3. The van der Waals surface area contributed by atoms with Gasteiger partial charge in [0.05, 0.1) is 13.2 Å². The second kappa shape index (κ2) is 4.77. The lowest BCUT2D eigenvalue weighted by atomic mass is 10.1. The Bertz CT molecular complexity index is 280. The molecule has 4 heteroatoms. The van der Waals surface area contributed by atoms with E-state index in [0.717, 1.165) is 4.47 Å². The van der Waals surface area contributed by atoms with Crippen LogP contribution in [0.3, 0.4) is 0 Å². The van der Waals surface area contributed by atoms with Crippen molar-refractivity contribution in [1.82, 2.24) is 0 Å². The van der Waals surface area contributed by atoms with E-state index in [1.165, 1.54) is 0 Å². The topological polar surface area (TPSA) is 49.7 Å². The highest BCUT2D eigenvalue weighted by Gasteiger charge is 2.24. The molecule has 0 aliphatic heterocycles. The molecule has 1 aromatic carbocycles. The second-order valence-electron chi connectivity index (χ2n) is 3.32. The summed E-state index contributed by atoms with van der Waals surface area (Å²) in [6.45, 7) is 1.20. The first kappa shape index (κ1) is 11.5. The molecule has 0 radical (unpaired) electrons. The molecule has 0 fully saturated rings. The third kappa shape index (κ3) is 2.97. The van der Waals surface area contributed by atoms with Gasteiger partial charge in [0.2, 0.25) is 0 Å². The number of hydrogen-bond acceptors (Lipinski definition) is 3. The van der Waals surface area contributed by atoms with E-state index in [4.69, 9.17) is 14.9 Å². The minimum absolute atomic E-state index is 0.223. The summed E-state index contributed by atoms with van der Waals surface area (Å²) in [6, 6.07) is 7.22. The molecule has 3 nitrogen and oxygen atoms in total.